The first-order valence-electron chi connectivity index (χ1n) is 6.98. The normalized spacial score (nSPS) is 25.7. The molecule has 1 aliphatic heterocycles. The van der Waals surface area contributed by atoms with Crippen LogP contribution in [0.25, 0.3) is 0 Å². The van der Waals surface area contributed by atoms with Gasteiger partial charge >= 0.3 is 0 Å². The summed E-state index contributed by atoms with van der Waals surface area (Å²) < 4.78 is 12.1. The minimum Gasteiger partial charge on any atom is -0.374 e. The van der Waals surface area contributed by atoms with Crippen LogP contribution in [0.5, 0.6) is 0 Å². The SMILES string of the molecule is CCC1(COCc2ccccc2Cl)CCC(C)(C)O1. The highest BCUT2D eigenvalue weighted by molar-refractivity contribution is 6.31. The van der Waals surface area contributed by atoms with Crippen molar-refractivity contribution in [1.82, 2.24) is 0 Å². The zero-order valence-electron chi connectivity index (χ0n) is 12.0. The van der Waals surface area contributed by atoms with Crippen LogP contribution in [0.3, 0.4) is 0 Å². The van der Waals surface area contributed by atoms with Crippen molar-refractivity contribution < 1.29 is 9.47 Å². The number of halogens is 1. The van der Waals surface area contributed by atoms with E-state index in [0.29, 0.717) is 13.2 Å². The van der Waals surface area contributed by atoms with Crippen LogP contribution in [-0.2, 0) is 16.1 Å². The van der Waals surface area contributed by atoms with E-state index in [1.165, 1.54) is 0 Å². The van der Waals surface area contributed by atoms with E-state index in [-0.39, 0.29) is 11.2 Å². The maximum absolute atomic E-state index is 6.20. The molecule has 0 amide bonds. The summed E-state index contributed by atoms with van der Waals surface area (Å²) in [6.07, 6.45) is 3.15. The van der Waals surface area contributed by atoms with E-state index < -0.39 is 0 Å². The summed E-state index contributed by atoms with van der Waals surface area (Å²) in [6.45, 7) is 7.65. The van der Waals surface area contributed by atoms with Crippen LogP contribution in [-0.4, -0.2) is 17.8 Å². The Morgan fingerprint density at radius 1 is 1.26 bits per heavy atom. The van der Waals surface area contributed by atoms with E-state index in [2.05, 4.69) is 20.8 Å². The Labute approximate surface area is 121 Å². The average molecular weight is 283 g/mol. The molecule has 0 N–H and O–H groups in total. The minimum absolute atomic E-state index is 0.0240. The monoisotopic (exact) mass is 282 g/mol. The lowest BCUT2D eigenvalue weighted by molar-refractivity contribution is -0.126. The van der Waals surface area contributed by atoms with Crippen molar-refractivity contribution >= 4 is 11.6 Å². The molecule has 1 aromatic rings. The summed E-state index contributed by atoms with van der Waals surface area (Å²) in [7, 11) is 0. The molecule has 1 aromatic carbocycles. The molecule has 106 valence electrons. The first-order chi connectivity index (χ1) is 8.96. The molecular formula is C16H23ClO2. The van der Waals surface area contributed by atoms with Gasteiger partial charge in [-0.1, -0.05) is 36.7 Å². The molecule has 0 saturated carbocycles. The molecule has 3 heteroatoms. The molecule has 0 radical (unpaired) electrons. The molecule has 1 unspecified atom stereocenters. The summed E-state index contributed by atoms with van der Waals surface area (Å²) in [5.74, 6) is 0. The van der Waals surface area contributed by atoms with Crippen LogP contribution in [0, 0.1) is 0 Å². The van der Waals surface area contributed by atoms with Gasteiger partial charge in [-0.05, 0) is 44.7 Å². The predicted molar refractivity (Wildman–Crippen MR) is 78.5 cm³/mol. The highest BCUT2D eigenvalue weighted by Gasteiger charge is 2.43. The van der Waals surface area contributed by atoms with Crippen molar-refractivity contribution in [2.45, 2.75) is 57.8 Å². The Hall–Kier alpha value is -0.570. The van der Waals surface area contributed by atoms with E-state index in [4.69, 9.17) is 21.1 Å². The van der Waals surface area contributed by atoms with Crippen molar-refractivity contribution in [1.29, 1.82) is 0 Å². The highest BCUT2D eigenvalue weighted by atomic mass is 35.5. The van der Waals surface area contributed by atoms with Crippen LogP contribution in [0.1, 0.15) is 45.6 Å². The van der Waals surface area contributed by atoms with Gasteiger partial charge in [0.05, 0.1) is 24.4 Å². The zero-order valence-corrected chi connectivity index (χ0v) is 12.8. The lowest BCUT2D eigenvalue weighted by Gasteiger charge is -2.30. The molecule has 1 fully saturated rings. The van der Waals surface area contributed by atoms with Crippen LogP contribution in [0.4, 0.5) is 0 Å². The first-order valence-corrected chi connectivity index (χ1v) is 7.35. The third kappa shape index (κ3) is 3.71. The second kappa shape index (κ2) is 5.82. The van der Waals surface area contributed by atoms with Gasteiger partial charge in [-0.3, -0.25) is 0 Å². The number of rotatable bonds is 5. The average Bonchev–Trinajstić information content (AvgIpc) is 2.68. The number of hydrogen-bond acceptors (Lipinski definition) is 2. The maximum Gasteiger partial charge on any atom is 0.0920 e. The summed E-state index contributed by atoms with van der Waals surface area (Å²) in [5.41, 5.74) is 0.891. The Balaban J connectivity index is 1.90. The van der Waals surface area contributed by atoms with Crippen molar-refractivity contribution in [3.05, 3.63) is 34.9 Å². The lowest BCUT2D eigenvalue weighted by Crippen LogP contribution is -2.36. The molecule has 1 saturated heterocycles. The number of hydrogen-bond donors (Lipinski definition) is 0. The Morgan fingerprint density at radius 2 is 2.00 bits per heavy atom. The molecule has 0 aromatic heterocycles. The number of benzene rings is 1. The van der Waals surface area contributed by atoms with Gasteiger partial charge in [0, 0.05) is 5.02 Å². The largest absolute Gasteiger partial charge is 0.374 e. The van der Waals surface area contributed by atoms with Gasteiger partial charge in [0.1, 0.15) is 0 Å². The van der Waals surface area contributed by atoms with E-state index in [1.807, 2.05) is 24.3 Å². The van der Waals surface area contributed by atoms with Crippen molar-refractivity contribution in [2.75, 3.05) is 6.61 Å². The lowest BCUT2D eigenvalue weighted by atomic mass is 9.96. The molecule has 1 atom stereocenters. The fraction of sp³-hybridized carbons (Fsp3) is 0.625. The zero-order chi connectivity index (χ0) is 13.9. The Bertz CT molecular complexity index is 431. The van der Waals surface area contributed by atoms with Gasteiger partial charge < -0.3 is 9.47 Å². The summed E-state index contributed by atoms with van der Waals surface area (Å²) in [5, 5.41) is 0.765. The topological polar surface area (TPSA) is 18.5 Å². The molecule has 1 aliphatic rings. The quantitative estimate of drug-likeness (QED) is 0.786. The Kier molecular flexibility index (Phi) is 4.54. The van der Waals surface area contributed by atoms with E-state index in [1.54, 1.807) is 0 Å². The van der Waals surface area contributed by atoms with Gasteiger partial charge in [-0.2, -0.15) is 0 Å². The number of ether oxygens (including phenoxy) is 2. The minimum atomic E-state index is -0.120. The Morgan fingerprint density at radius 3 is 2.58 bits per heavy atom. The second-order valence-electron chi connectivity index (χ2n) is 5.98. The van der Waals surface area contributed by atoms with Gasteiger partial charge in [0.2, 0.25) is 0 Å². The van der Waals surface area contributed by atoms with Crippen molar-refractivity contribution in [3.8, 4) is 0 Å². The molecule has 2 nitrogen and oxygen atoms in total. The molecule has 0 bridgehead atoms. The van der Waals surface area contributed by atoms with Gasteiger partial charge in [0.25, 0.3) is 0 Å². The fourth-order valence-corrected chi connectivity index (χ4v) is 2.82. The fourth-order valence-electron chi connectivity index (χ4n) is 2.63. The summed E-state index contributed by atoms with van der Waals surface area (Å²) in [4.78, 5) is 0. The molecule has 19 heavy (non-hydrogen) atoms. The summed E-state index contributed by atoms with van der Waals surface area (Å²) in [6, 6.07) is 7.81. The first kappa shape index (κ1) is 14.8. The van der Waals surface area contributed by atoms with Crippen LogP contribution in [0.2, 0.25) is 5.02 Å². The van der Waals surface area contributed by atoms with Gasteiger partial charge in [-0.15, -0.1) is 0 Å². The second-order valence-corrected chi connectivity index (χ2v) is 6.39. The standard InChI is InChI=1S/C16H23ClO2/c1-4-16(10-9-15(2,3)19-16)12-18-11-13-7-5-6-8-14(13)17/h5-8H,4,9-12H2,1-3H3. The molecule has 0 spiro atoms. The van der Waals surface area contributed by atoms with E-state index in [9.17, 15) is 0 Å². The molecule has 2 rings (SSSR count). The predicted octanol–water partition coefficient (Wildman–Crippen LogP) is 4.59. The summed E-state index contributed by atoms with van der Waals surface area (Å²) >= 11 is 6.12. The van der Waals surface area contributed by atoms with Gasteiger partial charge in [-0.25, -0.2) is 0 Å². The van der Waals surface area contributed by atoms with Crippen molar-refractivity contribution in [3.63, 3.8) is 0 Å². The van der Waals surface area contributed by atoms with Crippen LogP contribution < -0.4 is 0 Å². The third-order valence-corrected chi connectivity index (χ3v) is 4.27. The van der Waals surface area contributed by atoms with Crippen LogP contribution in [0.15, 0.2) is 24.3 Å². The maximum atomic E-state index is 6.20. The van der Waals surface area contributed by atoms with E-state index in [0.717, 1.165) is 29.8 Å². The van der Waals surface area contributed by atoms with Crippen LogP contribution >= 0.6 is 11.6 Å². The highest BCUT2D eigenvalue weighted by Crippen LogP contribution is 2.39. The molecular weight excluding hydrogens is 260 g/mol. The van der Waals surface area contributed by atoms with Crippen molar-refractivity contribution in [2.24, 2.45) is 0 Å². The third-order valence-electron chi connectivity index (χ3n) is 3.90. The van der Waals surface area contributed by atoms with E-state index >= 15 is 0 Å². The molecule has 1 heterocycles. The van der Waals surface area contributed by atoms with Gasteiger partial charge in [0.15, 0.2) is 0 Å². The smallest absolute Gasteiger partial charge is 0.0920 e. The molecule has 0 aliphatic carbocycles.